The Labute approximate surface area is 163 Å². The lowest BCUT2D eigenvalue weighted by Crippen LogP contribution is -2.45. The highest BCUT2D eigenvalue weighted by Gasteiger charge is 2.40. The van der Waals surface area contributed by atoms with Gasteiger partial charge in [-0.1, -0.05) is 17.7 Å². The molecule has 1 amide bonds. The highest BCUT2D eigenvalue weighted by molar-refractivity contribution is 6.31. The lowest BCUT2D eigenvalue weighted by molar-refractivity contribution is -0.169. The van der Waals surface area contributed by atoms with Crippen molar-refractivity contribution in [3.05, 3.63) is 52.7 Å². The fourth-order valence-electron chi connectivity index (χ4n) is 3.52. The smallest absolute Gasteiger partial charge is 0.255 e. The van der Waals surface area contributed by atoms with Crippen LogP contribution in [0.15, 0.2) is 36.5 Å². The number of anilines is 2. The van der Waals surface area contributed by atoms with Gasteiger partial charge in [0.15, 0.2) is 5.79 Å². The standard InChI is InChI=1S/C20H22ClN3O3/c1-14-2-3-16(21)13-17(14)23-19(25)15-4-7-22-18(12-15)24-8-5-20(6-9-24)26-10-11-27-20/h2-4,7,12-13H,5-6,8-11H2,1H3,(H,23,25). The largest absolute Gasteiger partial charge is 0.356 e. The second-order valence-corrected chi connectivity index (χ2v) is 7.35. The molecule has 0 aliphatic carbocycles. The van der Waals surface area contributed by atoms with Gasteiger partial charge in [0, 0.05) is 48.4 Å². The number of hydrogen-bond acceptors (Lipinski definition) is 5. The highest BCUT2D eigenvalue weighted by Crippen LogP contribution is 2.32. The molecular formula is C20H22ClN3O3. The van der Waals surface area contributed by atoms with Gasteiger partial charge in [-0.15, -0.1) is 0 Å². The Morgan fingerprint density at radius 2 is 1.93 bits per heavy atom. The van der Waals surface area contributed by atoms with E-state index in [1.807, 2.05) is 19.1 Å². The quantitative estimate of drug-likeness (QED) is 0.871. The van der Waals surface area contributed by atoms with Crippen LogP contribution in [0.5, 0.6) is 0 Å². The Morgan fingerprint density at radius 1 is 1.19 bits per heavy atom. The number of nitrogens with one attached hydrogen (secondary N) is 1. The summed E-state index contributed by atoms with van der Waals surface area (Å²) in [4.78, 5) is 19.3. The van der Waals surface area contributed by atoms with E-state index in [4.69, 9.17) is 21.1 Å². The van der Waals surface area contributed by atoms with E-state index in [9.17, 15) is 4.79 Å². The predicted octanol–water partition coefficient (Wildman–Crippen LogP) is 3.64. The summed E-state index contributed by atoms with van der Waals surface area (Å²) in [6, 6.07) is 8.98. The number of carbonyl (C=O) groups is 1. The summed E-state index contributed by atoms with van der Waals surface area (Å²) in [6.45, 7) is 4.82. The van der Waals surface area contributed by atoms with Gasteiger partial charge in [0.1, 0.15) is 5.82 Å². The molecule has 2 fully saturated rings. The lowest BCUT2D eigenvalue weighted by atomic mass is 10.0. The molecule has 27 heavy (non-hydrogen) atoms. The molecule has 2 aromatic rings. The van der Waals surface area contributed by atoms with Gasteiger partial charge in [0.05, 0.1) is 13.2 Å². The van der Waals surface area contributed by atoms with Crippen LogP contribution in [0.1, 0.15) is 28.8 Å². The molecule has 1 spiro atoms. The molecule has 2 aliphatic heterocycles. The number of aryl methyl sites for hydroxylation is 1. The van der Waals surface area contributed by atoms with E-state index in [1.165, 1.54) is 0 Å². The fourth-order valence-corrected chi connectivity index (χ4v) is 3.69. The zero-order chi connectivity index (χ0) is 18.9. The number of rotatable bonds is 3. The topological polar surface area (TPSA) is 63.7 Å². The number of hydrogen-bond donors (Lipinski definition) is 1. The molecule has 7 heteroatoms. The molecule has 6 nitrogen and oxygen atoms in total. The third kappa shape index (κ3) is 3.93. The summed E-state index contributed by atoms with van der Waals surface area (Å²) >= 11 is 6.04. The molecular weight excluding hydrogens is 366 g/mol. The molecule has 1 aromatic carbocycles. The van der Waals surface area contributed by atoms with Gasteiger partial charge < -0.3 is 19.7 Å². The Bertz CT molecular complexity index is 842. The number of piperidine rings is 1. The van der Waals surface area contributed by atoms with Crippen LogP contribution in [-0.4, -0.2) is 43.0 Å². The van der Waals surface area contributed by atoms with Crippen molar-refractivity contribution in [2.45, 2.75) is 25.6 Å². The van der Waals surface area contributed by atoms with Gasteiger partial charge in [0.25, 0.3) is 5.91 Å². The first-order chi connectivity index (χ1) is 13.0. The Hall–Kier alpha value is -2.15. The maximum Gasteiger partial charge on any atom is 0.255 e. The van der Waals surface area contributed by atoms with E-state index >= 15 is 0 Å². The third-order valence-electron chi connectivity index (χ3n) is 5.12. The third-order valence-corrected chi connectivity index (χ3v) is 5.35. The number of aromatic nitrogens is 1. The molecule has 2 aliphatic rings. The van der Waals surface area contributed by atoms with Gasteiger partial charge in [-0.25, -0.2) is 4.98 Å². The van der Waals surface area contributed by atoms with Crippen molar-refractivity contribution in [3.63, 3.8) is 0 Å². The van der Waals surface area contributed by atoms with Gasteiger partial charge in [-0.2, -0.15) is 0 Å². The second kappa shape index (κ2) is 7.46. The number of halogens is 1. The maximum atomic E-state index is 12.7. The van der Waals surface area contributed by atoms with Crippen LogP contribution in [0.3, 0.4) is 0 Å². The monoisotopic (exact) mass is 387 g/mol. The minimum Gasteiger partial charge on any atom is -0.356 e. The molecule has 0 atom stereocenters. The summed E-state index contributed by atoms with van der Waals surface area (Å²) in [6.07, 6.45) is 3.27. The van der Waals surface area contributed by atoms with Crippen molar-refractivity contribution < 1.29 is 14.3 Å². The molecule has 1 N–H and O–H groups in total. The number of carbonyl (C=O) groups excluding carboxylic acids is 1. The predicted molar refractivity (Wildman–Crippen MR) is 104 cm³/mol. The van der Waals surface area contributed by atoms with Crippen molar-refractivity contribution in [2.75, 3.05) is 36.5 Å². The van der Waals surface area contributed by atoms with Gasteiger partial charge in [-0.05, 0) is 36.8 Å². The first kappa shape index (κ1) is 18.2. The van der Waals surface area contributed by atoms with Gasteiger partial charge in [0.2, 0.25) is 0 Å². The summed E-state index contributed by atoms with van der Waals surface area (Å²) in [5, 5.41) is 3.52. The normalized spacial score (nSPS) is 18.7. The Morgan fingerprint density at radius 3 is 2.67 bits per heavy atom. The summed E-state index contributed by atoms with van der Waals surface area (Å²) in [7, 11) is 0. The molecule has 0 radical (unpaired) electrons. The SMILES string of the molecule is Cc1ccc(Cl)cc1NC(=O)c1ccnc(N2CCC3(CC2)OCCO3)c1. The molecule has 0 bridgehead atoms. The van der Waals surface area contributed by atoms with E-state index < -0.39 is 5.79 Å². The van der Waals surface area contributed by atoms with E-state index in [0.717, 1.165) is 37.3 Å². The lowest BCUT2D eigenvalue weighted by Gasteiger charge is -2.38. The van der Waals surface area contributed by atoms with Crippen molar-refractivity contribution in [1.82, 2.24) is 4.98 Å². The van der Waals surface area contributed by atoms with E-state index in [-0.39, 0.29) is 5.91 Å². The zero-order valence-corrected chi connectivity index (χ0v) is 16.0. The summed E-state index contributed by atoms with van der Waals surface area (Å²) < 4.78 is 11.5. The van der Waals surface area contributed by atoms with Crippen molar-refractivity contribution >= 4 is 29.0 Å². The number of amides is 1. The van der Waals surface area contributed by atoms with Crippen LogP contribution in [0.25, 0.3) is 0 Å². The van der Waals surface area contributed by atoms with Crippen LogP contribution >= 0.6 is 11.6 Å². The highest BCUT2D eigenvalue weighted by atomic mass is 35.5. The van der Waals surface area contributed by atoms with Crippen molar-refractivity contribution in [1.29, 1.82) is 0 Å². The molecule has 0 saturated carbocycles. The van der Waals surface area contributed by atoms with Crippen LogP contribution in [0.4, 0.5) is 11.5 Å². The average molecular weight is 388 g/mol. The van der Waals surface area contributed by atoms with Crippen molar-refractivity contribution in [2.24, 2.45) is 0 Å². The Balaban J connectivity index is 1.46. The second-order valence-electron chi connectivity index (χ2n) is 6.91. The summed E-state index contributed by atoms with van der Waals surface area (Å²) in [5.41, 5.74) is 2.23. The number of nitrogens with zero attached hydrogens (tertiary/aromatic N) is 2. The maximum absolute atomic E-state index is 12.7. The van der Waals surface area contributed by atoms with E-state index in [1.54, 1.807) is 24.4 Å². The van der Waals surface area contributed by atoms with E-state index in [2.05, 4.69) is 15.2 Å². The van der Waals surface area contributed by atoms with Crippen LogP contribution in [-0.2, 0) is 9.47 Å². The fraction of sp³-hybridized carbons (Fsp3) is 0.400. The molecule has 4 rings (SSSR count). The van der Waals surface area contributed by atoms with Crippen LogP contribution in [0, 0.1) is 6.92 Å². The zero-order valence-electron chi connectivity index (χ0n) is 15.2. The average Bonchev–Trinajstić information content (AvgIpc) is 3.13. The number of ether oxygens (including phenoxy) is 2. The number of benzene rings is 1. The van der Waals surface area contributed by atoms with Crippen LogP contribution < -0.4 is 10.2 Å². The minimum absolute atomic E-state index is 0.181. The van der Waals surface area contributed by atoms with E-state index in [0.29, 0.717) is 29.5 Å². The number of pyridine rings is 1. The molecule has 0 unspecified atom stereocenters. The van der Waals surface area contributed by atoms with Crippen molar-refractivity contribution in [3.8, 4) is 0 Å². The molecule has 1 aromatic heterocycles. The van der Waals surface area contributed by atoms with Gasteiger partial charge in [-0.3, -0.25) is 4.79 Å². The molecule has 142 valence electrons. The molecule has 2 saturated heterocycles. The summed E-state index contributed by atoms with van der Waals surface area (Å²) in [5.74, 6) is 0.188. The molecule has 3 heterocycles. The van der Waals surface area contributed by atoms with Crippen LogP contribution in [0.2, 0.25) is 5.02 Å². The Kier molecular flexibility index (Phi) is 5.04. The first-order valence-electron chi connectivity index (χ1n) is 9.11. The first-order valence-corrected chi connectivity index (χ1v) is 9.49. The van der Waals surface area contributed by atoms with Gasteiger partial charge >= 0.3 is 0 Å². The minimum atomic E-state index is -0.421.